The van der Waals surface area contributed by atoms with Crippen molar-refractivity contribution in [1.82, 2.24) is 23.9 Å². The number of rotatable bonds is 7. The first-order valence-corrected chi connectivity index (χ1v) is 13.3. The second-order valence-corrected chi connectivity index (χ2v) is 9.77. The van der Waals surface area contributed by atoms with Gasteiger partial charge in [-0.3, -0.25) is 23.8 Å². The smallest absolute Gasteiger partial charge is 0.340 e. The molecular weight excluding hydrogens is 589 g/mol. The lowest BCUT2D eigenvalue weighted by atomic mass is 10.2. The van der Waals surface area contributed by atoms with E-state index in [1.54, 1.807) is 36.3 Å². The summed E-state index contributed by atoms with van der Waals surface area (Å²) in [4.78, 5) is 44.4. The average molecular weight is 611 g/mol. The molecule has 45 heavy (non-hydrogen) atoms. The first kappa shape index (κ1) is 28.9. The van der Waals surface area contributed by atoms with Gasteiger partial charge in [-0.05, 0) is 66.7 Å². The van der Waals surface area contributed by atoms with Gasteiger partial charge in [-0.1, -0.05) is 0 Å². The monoisotopic (exact) mass is 610 g/mol. The third kappa shape index (κ3) is 5.99. The van der Waals surface area contributed by atoms with E-state index in [2.05, 4.69) is 15.4 Å². The van der Waals surface area contributed by atoms with E-state index in [4.69, 9.17) is 4.74 Å². The Morgan fingerprint density at radius 3 is 2.18 bits per heavy atom. The summed E-state index contributed by atoms with van der Waals surface area (Å²) in [5.41, 5.74) is -0.945. The highest BCUT2D eigenvalue weighted by Crippen LogP contribution is 2.29. The van der Waals surface area contributed by atoms with Crippen molar-refractivity contribution in [3.8, 4) is 34.1 Å². The standard InChI is InChI=1S/C32H21F3N6O4/c1-39-17-19(16-37-39)28-15-25(12-13-36-28)45-29-11-6-22(14-27(29)35)38-30(42)26-18-40(23-7-2-20(33)3-8-23)32(44)41(31(26)43)24-9-4-21(34)5-10-24/h2-18H,1H3,(H,38,42). The number of nitrogens with zero attached hydrogens (tertiary/aromatic N) is 5. The van der Waals surface area contributed by atoms with Crippen LogP contribution in [0.3, 0.4) is 0 Å². The van der Waals surface area contributed by atoms with Crippen molar-refractivity contribution in [2.24, 2.45) is 7.05 Å². The Labute approximate surface area is 252 Å². The van der Waals surface area contributed by atoms with E-state index in [0.29, 0.717) is 16.0 Å². The summed E-state index contributed by atoms with van der Waals surface area (Å²) in [6.45, 7) is 0. The number of pyridine rings is 1. The fourth-order valence-corrected chi connectivity index (χ4v) is 4.49. The lowest BCUT2D eigenvalue weighted by molar-refractivity contribution is 0.102. The largest absolute Gasteiger partial charge is 0.454 e. The molecule has 224 valence electrons. The van der Waals surface area contributed by atoms with E-state index >= 15 is 4.39 Å². The maximum atomic E-state index is 15.1. The van der Waals surface area contributed by atoms with Crippen LogP contribution >= 0.6 is 0 Å². The summed E-state index contributed by atoms with van der Waals surface area (Å²) in [5.74, 6) is -2.78. The first-order valence-electron chi connectivity index (χ1n) is 13.3. The normalized spacial score (nSPS) is 10.9. The van der Waals surface area contributed by atoms with E-state index in [9.17, 15) is 23.2 Å². The van der Waals surface area contributed by atoms with E-state index in [1.807, 2.05) is 0 Å². The third-order valence-electron chi connectivity index (χ3n) is 6.67. The summed E-state index contributed by atoms with van der Waals surface area (Å²) in [5, 5.41) is 6.57. The molecule has 0 saturated carbocycles. The van der Waals surface area contributed by atoms with Crippen molar-refractivity contribution in [1.29, 1.82) is 0 Å². The lowest BCUT2D eigenvalue weighted by Crippen LogP contribution is -2.41. The minimum atomic E-state index is -1.01. The Bertz CT molecular complexity index is 2170. The number of ether oxygens (including phenoxy) is 1. The van der Waals surface area contributed by atoms with Crippen molar-refractivity contribution in [3.05, 3.63) is 148 Å². The molecule has 0 bridgehead atoms. The number of hydrogen-bond donors (Lipinski definition) is 1. The van der Waals surface area contributed by atoms with Gasteiger partial charge in [0.25, 0.3) is 11.5 Å². The number of anilines is 1. The van der Waals surface area contributed by atoms with Crippen LogP contribution in [0.5, 0.6) is 11.5 Å². The minimum absolute atomic E-state index is 0.00717. The van der Waals surface area contributed by atoms with Crippen LogP contribution in [0.2, 0.25) is 0 Å². The molecule has 0 unspecified atom stereocenters. The molecule has 3 aromatic heterocycles. The zero-order valence-corrected chi connectivity index (χ0v) is 23.3. The summed E-state index contributed by atoms with van der Waals surface area (Å²) in [6.07, 6.45) is 5.91. The predicted molar refractivity (Wildman–Crippen MR) is 158 cm³/mol. The van der Waals surface area contributed by atoms with E-state index in [0.717, 1.165) is 46.7 Å². The highest BCUT2D eigenvalue weighted by molar-refractivity contribution is 6.04. The number of halogens is 3. The number of aryl methyl sites for hydroxylation is 1. The average Bonchev–Trinajstić information content (AvgIpc) is 3.46. The lowest BCUT2D eigenvalue weighted by Gasteiger charge is -2.14. The maximum absolute atomic E-state index is 15.1. The molecule has 0 fully saturated rings. The van der Waals surface area contributed by atoms with Gasteiger partial charge in [-0.2, -0.15) is 5.10 Å². The Hall–Kier alpha value is -6.24. The fraction of sp³-hybridized carbons (Fsp3) is 0.0312. The Morgan fingerprint density at radius 1 is 0.844 bits per heavy atom. The van der Waals surface area contributed by atoms with Crippen LogP contribution < -0.4 is 21.3 Å². The summed E-state index contributed by atoms with van der Waals surface area (Å²) in [7, 11) is 1.77. The minimum Gasteiger partial charge on any atom is -0.454 e. The van der Waals surface area contributed by atoms with Gasteiger partial charge in [0.1, 0.15) is 22.9 Å². The maximum Gasteiger partial charge on any atom is 0.340 e. The van der Waals surface area contributed by atoms with Crippen molar-refractivity contribution < 1.29 is 22.7 Å². The van der Waals surface area contributed by atoms with Crippen LogP contribution in [-0.2, 0) is 7.05 Å². The van der Waals surface area contributed by atoms with Crippen LogP contribution in [0.4, 0.5) is 18.9 Å². The van der Waals surface area contributed by atoms with Gasteiger partial charge in [0.15, 0.2) is 11.6 Å². The zero-order chi connectivity index (χ0) is 31.7. The second kappa shape index (κ2) is 11.8. The van der Waals surface area contributed by atoms with Gasteiger partial charge in [0.2, 0.25) is 0 Å². The van der Waals surface area contributed by atoms with Gasteiger partial charge < -0.3 is 10.1 Å². The number of aromatic nitrogens is 5. The molecule has 10 nitrogen and oxygen atoms in total. The van der Waals surface area contributed by atoms with E-state index < -0.39 is 40.2 Å². The predicted octanol–water partition coefficient (Wildman–Crippen LogP) is 5.25. The van der Waals surface area contributed by atoms with Gasteiger partial charge in [0.05, 0.1) is 23.3 Å². The molecule has 3 heterocycles. The highest BCUT2D eigenvalue weighted by atomic mass is 19.1. The van der Waals surface area contributed by atoms with Crippen LogP contribution in [0.1, 0.15) is 10.4 Å². The van der Waals surface area contributed by atoms with Gasteiger partial charge in [-0.25, -0.2) is 22.5 Å². The quantitative estimate of drug-likeness (QED) is 0.264. The molecule has 3 aromatic carbocycles. The SMILES string of the molecule is Cn1cc(-c2cc(Oc3ccc(NC(=O)c4cn(-c5ccc(F)cc5)c(=O)n(-c5ccc(F)cc5)c4=O)cc3F)ccn2)cn1. The molecule has 1 amide bonds. The van der Waals surface area contributed by atoms with Crippen molar-refractivity contribution in [2.45, 2.75) is 0 Å². The summed E-state index contributed by atoms with van der Waals surface area (Å²) in [6, 6.07) is 16.1. The molecule has 6 rings (SSSR count). The first-order chi connectivity index (χ1) is 21.7. The molecular formula is C32H21F3N6O4. The van der Waals surface area contributed by atoms with E-state index in [1.165, 1.54) is 42.6 Å². The van der Waals surface area contributed by atoms with Crippen LogP contribution in [-0.4, -0.2) is 29.8 Å². The number of nitrogens with one attached hydrogen (secondary N) is 1. The van der Waals surface area contributed by atoms with Crippen molar-refractivity contribution >= 4 is 11.6 Å². The fourth-order valence-electron chi connectivity index (χ4n) is 4.49. The van der Waals surface area contributed by atoms with Crippen LogP contribution in [0.25, 0.3) is 22.6 Å². The van der Waals surface area contributed by atoms with E-state index in [-0.39, 0.29) is 22.8 Å². The molecule has 0 aliphatic heterocycles. The number of benzene rings is 3. The van der Waals surface area contributed by atoms with Gasteiger partial charge >= 0.3 is 5.69 Å². The Kier molecular flexibility index (Phi) is 7.57. The number of carbonyl (C=O) groups is 1. The molecule has 6 aromatic rings. The van der Waals surface area contributed by atoms with Crippen molar-refractivity contribution in [2.75, 3.05) is 5.32 Å². The van der Waals surface area contributed by atoms with Crippen LogP contribution in [0, 0.1) is 17.5 Å². The van der Waals surface area contributed by atoms with Crippen LogP contribution in [0.15, 0.2) is 113 Å². The van der Waals surface area contributed by atoms with Gasteiger partial charge in [0, 0.05) is 49.0 Å². The molecule has 0 spiro atoms. The summed E-state index contributed by atoms with van der Waals surface area (Å²) >= 11 is 0. The highest BCUT2D eigenvalue weighted by Gasteiger charge is 2.20. The molecule has 0 saturated heterocycles. The molecule has 1 N–H and O–H groups in total. The molecule has 13 heteroatoms. The number of carbonyl (C=O) groups excluding carboxylic acids is 1. The second-order valence-electron chi connectivity index (χ2n) is 9.77. The molecule has 0 aliphatic carbocycles. The Morgan fingerprint density at radius 2 is 1.53 bits per heavy atom. The molecule has 0 radical (unpaired) electrons. The number of hydrogen-bond acceptors (Lipinski definition) is 6. The van der Waals surface area contributed by atoms with Crippen molar-refractivity contribution in [3.63, 3.8) is 0 Å². The topological polar surface area (TPSA) is 113 Å². The van der Waals surface area contributed by atoms with Gasteiger partial charge in [-0.15, -0.1) is 0 Å². The zero-order valence-electron chi connectivity index (χ0n) is 23.3. The summed E-state index contributed by atoms with van der Waals surface area (Å²) < 4.78 is 51.3. The molecule has 0 atom stereocenters. The third-order valence-corrected chi connectivity index (χ3v) is 6.67. The Balaban J connectivity index is 1.31. The number of amides is 1. The molecule has 0 aliphatic rings.